The summed E-state index contributed by atoms with van der Waals surface area (Å²) in [6.45, 7) is 0.545. The molecule has 0 aliphatic carbocycles. The largest absolute Gasteiger partial charge is 0.465 e. The van der Waals surface area contributed by atoms with Crippen LogP contribution in [0.15, 0.2) is 40.6 Å². The van der Waals surface area contributed by atoms with E-state index in [2.05, 4.69) is 9.46 Å². The van der Waals surface area contributed by atoms with Crippen molar-refractivity contribution >= 4 is 44.6 Å². The molecule has 7 nitrogen and oxygen atoms in total. The highest BCUT2D eigenvalue weighted by atomic mass is 32.2. The summed E-state index contributed by atoms with van der Waals surface area (Å²) in [5.41, 5.74) is 0.795. The van der Waals surface area contributed by atoms with Gasteiger partial charge in [0.05, 0.1) is 18.5 Å². The van der Waals surface area contributed by atoms with Crippen molar-refractivity contribution < 1.29 is 22.7 Å². The number of para-hydroxylation sites is 2. The lowest BCUT2D eigenvalue weighted by Gasteiger charge is -2.20. The minimum Gasteiger partial charge on any atom is -0.465 e. The van der Waals surface area contributed by atoms with Gasteiger partial charge in [0.2, 0.25) is 5.91 Å². The molecular formula is C16H16N2O5S2. The predicted molar refractivity (Wildman–Crippen MR) is 94.5 cm³/mol. The number of thiophene rings is 1. The molecule has 0 saturated carbocycles. The Morgan fingerprint density at radius 3 is 2.72 bits per heavy atom. The summed E-state index contributed by atoms with van der Waals surface area (Å²) < 4.78 is 32.6. The number of anilines is 2. The molecule has 0 atom stereocenters. The van der Waals surface area contributed by atoms with Crippen molar-refractivity contribution in [1.29, 1.82) is 0 Å². The van der Waals surface area contributed by atoms with Gasteiger partial charge in [0.25, 0.3) is 10.0 Å². The second kappa shape index (κ2) is 6.85. The molecule has 1 N–H and O–H groups in total. The van der Waals surface area contributed by atoms with E-state index in [0.29, 0.717) is 24.3 Å². The van der Waals surface area contributed by atoms with Crippen molar-refractivity contribution in [2.24, 2.45) is 0 Å². The number of methoxy groups -OCH3 is 1. The molecule has 1 aliphatic heterocycles. The molecule has 1 saturated heterocycles. The van der Waals surface area contributed by atoms with E-state index in [1.54, 1.807) is 29.2 Å². The Labute approximate surface area is 149 Å². The number of nitrogens with zero attached hydrogens (tertiary/aromatic N) is 1. The number of rotatable bonds is 5. The number of benzene rings is 1. The smallest absolute Gasteiger partial charge is 0.349 e. The number of hydrogen-bond donors (Lipinski definition) is 1. The number of ether oxygens (including phenoxy) is 1. The molecular weight excluding hydrogens is 364 g/mol. The van der Waals surface area contributed by atoms with Gasteiger partial charge in [0.1, 0.15) is 9.77 Å². The molecule has 1 amide bonds. The third-order valence-electron chi connectivity index (χ3n) is 3.80. The van der Waals surface area contributed by atoms with Crippen molar-refractivity contribution in [2.45, 2.75) is 17.7 Å². The highest BCUT2D eigenvalue weighted by Gasteiger charge is 2.28. The fraction of sp³-hybridized carbons (Fsp3) is 0.250. The third kappa shape index (κ3) is 3.38. The van der Waals surface area contributed by atoms with Gasteiger partial charge in [-0.1, -0.05) is 12.1 Å². The van der Waals surface area contributed by atoms with Crippen molar-refractivity contribution in [3.05, 3.63) is 40.6 Å². The minimum atomic E-state index is -4.00. The first-order valence-electron chi connectivity index (χ1n) is 7.52. The van der Waals surface area contributed by atoms with Gasteiger partial charge in [-0.05, 0) is 30.0 Å². The highest BCUT2D eigenvalue weighted by Crippen LogP contribution is 2.32. The van der Waals surface area contributed by atoms with Crippen LogP contribution in [0.2, 0.25) is 0 Å². The second-order valence-electron chi connectivity index (χ2n) is 5.38. The molecule has 25 heavy (non-hydrogen) atoms. The van der Waals surface area contributed by atoms with Crippen LogP contribution in [-0.4, -0.2) is 33.9 Å². The summed E-state index contributed by atoms with van der Waals surface area (Å²) >= 11 is 0.991. The fourth-order valence-corrected chi connectivity index (χ4v) is 5.06. The van der Waals surface area contributed by atoms with Crippen LogP contribution in [-0.2, 0) is 19.6 Å². The van der Waals surface area contributed by atoms with Gasteiger partial charge in [0, 0.05) is 13.0 Å². The molecule has 0 bridgehead atoms. The average molecular weight is 380 g/mol. The van der Waals surface area contributed by atoms with Crippen molar-refractivity contribution in [3.8, 4) is 0 Å². The van der Waals surface area contributed by atoms with Crippen molar-refractivity contribution in [1.82, 2.24) is 0 Å². The number of carbonyl (C=O) groups excluding carboxylic acids is 2. The normalized spacial score (nSPS) is 14.6. The maximum absolute atomic E-state index is 12.7. The average Bonchev–Trinajstić information content (AvgIpc) is 3.24. The number of carbonyl (C=O) groups is 2. The first kappa shape index (κ1) is 17.4. The van der Waals surface area contributed by atoms with Crippen molar-refractivity contribution in [2.75, 3.05) is 23.3 Å². The van der Waals surface area contributed by atoms with E-state index in [0.717, 1.165) is 17.8 Å². The Morgan fingerprint density at radius 1 is 1.28 bits per heavy atom. The lowest BCUT2D eigenvalue weighted by molar-refractivity contribution is -0.117. The fourth-order valence-electron chi connectivity index (χ4n) is 2.65. The van der Waals surface area contributed by atoms with Crippen LogP contribution in [0.1, 0.15) is 22.5 Å². The molecule has 0 spiro atoms. The quantitative estimate of drug-likeness (QED) is 0.805. The maximum Gasteiger partial charge on any atom is 0.349 e. The number of nitrogens with one attached hydrogen (secondary N) is 1. The first-order valence-corrected chi connectivity index (χ1v) is 9.88. The number of esters is 1. The molecule has 9 heteroatoms. The Morgan fingerprint density at radius 2 is 2.04 bits per heavy atom. The molecule has 2 heterocycles. The maximum atomic E-state index is 12.7. The van der Waals surface area contributed by atoms with Gasteiger partial charge < -0.3 is 9.64 Å². The molecule has 3 rings (SSSR count). The first-order chi connectivity index (χ1) is 11.9. The number of hydrogen-bond acceptors (Lipinski definition) is 6. The lowest BCUT2D eigenvalue weighted by atomic mass is 10.2. The number of sulfonamides is 1. The van der Waals surface area contributed by atoms with Crippen LogP contribution in [0.5, 0.6) is 0 Å². The Balaban J connectivity index is 1.96. The van der Waals surface area contributed by atoms with Crippen molar-refractivity contribution in [3.63, 3.8) is 0 Å². The topological polar surface area (TPSA) is 92.8 Å². The van der Waals surface area contributed by atoms with Crippen LogP contribution in [0.4, 0.5) is 11.4 Å². The van der Waals surface area contributed by atoms with Crippen LogP contribution < -0.4 is 9.62 Å². The van der Waals surface area contributed by atoms with E-state index in [9.17, 15) is 18.0 Å². The zero-order chi connectivity index (χ0) is 18.0. The highest BCUT2D eigenvalue weighted by molar-refractivity contribution is 7.93. The van der Waals surface area contributed by atoms with E-state index < -0.39 is 16.0 Å². The van der Waals surface area contributed by atoms with Gasteiger partial charge >= 0.3 is 5.97 Å². The van der Waals surface area contributed by atoms with Gasteiger partial charge in [-0.3, -0.25) is 9.52 Å². The van der Waals surface area contributed by atoms with E-state index >= 15 is 0 Å². The minimum absolute atomic E-state index is 0.00438. The van der Waals surface area contributed by atoms with Gasteiger partial charge in [0.15, 0.2) is 0 Å². The van der Waals surface area contributed by atoms with E-state index in [4.69, 9.17) is 0 Å². The van der Waals surface area contributed by atoms with Crippen LogP contribution in [0, 0.1) is 0 Å². The molecule has 0 radical (unpaired) electrons. The van der Waals surface area contributed by atoms with E-state index in [1.165, 1.54) is 18.6 Å². The summed E-state index contributed by atoms with van der Waals surface area (Å²) in [6, 6.07) is 8.04. The molecule has 1 fully saturated rings. The predicted octanol–water partition coefficient (Wildman–Crippen LogP) is 2.46. The lowest BCUT2D eigenvalue weighted by Crippen LogP contribution is -2.25. The summed E-state index contributed by atoms with van der Waals surface area (Å²) in [4.78, 5) is 25.2. The Kier molecular flexibility index (Phi) is 4.78. The van der Waals surface area contributed by atoms with Crippen LogP contribution >= 0.6 is 11.3 Å². The molecule has 1 aliphatic rings. The SMILES string of the molecule is COC(=O)c1sccc1S(=O)(=O)Nc1ccccc1N1CCCC1=O. The molecule has 0 unspecified atom stereocenters. The monoisotopic (exact) mass is 380 g/mol. The van der Waals surface area contributed by atoms with Gasteiger partial charge in [-0.15, -0.1) is 11.3 Å². The summed E-state index contributed by atoms with van der Waals surface area (Å²) in [5.74, 6) is -0.754. The zero-order valence-electron chi connectivity index (χ0n) is 13.4. The second-order valence-corrected chi connectivity index (χ2v) is 7.94. The van der Waals surface area contributed by atoms with E-state index in [-0.39, 0.29) is 15.7 Å². The van der Waals surface area contributed by atoms with Gasteiger partial charge in [-0.2, -0.15) is 0 Å². The summed E-state index contributed by atoms with van der Waals surface area (Å²) in [6.07, 6.45) is 1.18. The summed E-state index contributed by atoms with van der Waals surface area (Å²) in [5, 5.41) is 1.51. The number of amides is 1. The summed E-state index contributed by atoms with van der Waals surface area (Å²) in [7, 11) is -2.81. The standard InChI is InChI=1S/C16H16N2O5S2/c1-23-16(20)15-13(8-10-24-15)25(21,22)17-11-5-2-3-6-12(11)18-9-4-7-14(18)19/h2-3,5-6,8,10,17H,4,7,9H2,1H3. The molecule has 2 aromatic rings. The van der Waals surface area contributed by atoms with Gasteiger partial charge in [-0.25, -0.2) is 13.2 Å². The Hall–Kier alpha value is -2.39. The van der Waals surface area contributed by atoms with E-state index in [1.807, 2.05) is 0 Å². The Bertz CT molecular complexity index is 920. The zero-order valence-corrected chi connectivity index (χ0v) is 15.0. The molecule has 132 valence electrons. The molecule has 1 aromatic carbocycles. The van der Waals surface area contributed by atoms with Crippen LogP contribution in [0.25, 0.3) is 0 Å². The van der Waals surface area contributed by atoms with Crippen LogP contribution in [0.3, 0.4) is 0 Å². The third-order valence-corrected chi connectivity index (χ3v) is 6.23. The molecule has 1 aromatic heterocycles.